The summed E-state index contributed by atoms with van der Waals surface area (Å²) >= 11 is 0. The lowest BCUT2D eigenvalue weighted by Gasteiger charge is -2.10. The Morgan fingerprint density at radius 1 is 1.47 bits per heavy atom. The number of nitrogens with zero attached hydrogens (tertiary/aromatic N) is 1. The monoisotopic (exact) mass is 214 g/mol. The van der Waals surface area contributed by atoms with E-state index in [1.807, 2.05) is 0 Å². The van der Waals surface area contributed by atoms with Crippen molar-refractivity contribution in [2.75, 3.05) is 40.4 Å². The number of nitrogens with one attached hydrogen (secondary N) is 1. The molecule has 0 radical (unpaired) electrons. The molecule has 15 heavy (non-hydrogen) atoms. The number of amides is 1. The van der Waals surface area contributed by atoms with E-state index in [4.69, 9.17) is 4.74 Å². The zero-order valence-electron chi connectivity index (χ0n) is 9.79. The van der Waals surface area contributed by atoms with E-state index in [1.165, 1.54) is 12.8 Å². The average molecular weight is 214 g/mol. The van der Waals surface area contributed by atoms with Gasteiger partial charge in [0.05, 0.1) is 6.54 Å². The number of ether oxygens (including phenoxy) is 1. The van der Waals surface area contributed by atoms with E-state index in [0.29, 0.717) is 6.54 Å². The van der Waals surface area contributed by atoms with Crippen molar-refractivity contribution in [2.45, 2.75) is 19.3 Å². The lowest BCUT2D eigenvalue weighted by molar-refractivity contribution is -0.127. The summed E-state index contributed by atoms with van der Waals surface area (Å²) in [6.07, 6.45) is 3.67. The molecule has 0 atom stereocenters. The standard InChI is InChI=1S/C11H22N2O2/c1-13(2)11(14)8-12-6-3-7-15-9-10-4-5-10/h10,12H,3-9H2,1-2H3. The number of carbonyl (C=O) groups excluding carboxylic acids is 1. The van der Waals surface area contributed by atoms with Crippen LogP contribution in [0, 0.1) is 5.92 Å². The normalized spacial score (nSPS) is 15.3. The highest BCUT2D eigenvalue weighted by atomic mass is 16.5. The van der Waals surface area contributed by atoms with Crippen molar-refractivity contribution in [1.82, 2.24) is 10.2 Å². The largest absolute Gasteiger partial charge is 0.381 e. The minimum atomic E-state index is 0.119. The van der Waals surface area contributed by atoms with Crippen LogP contribution in [0.5, 0.6) is 0 Å². The molecule has 0 aromatic carbocycles. The van der Waals surface area contributed by atoms with Gasteiger partial charge in [-0.3, -0.25) is 4.79 Å². The van der Waals surface area contributed by atoms with Gasteiger partial charge in [0.2, 0.25) is 5.91 Å². The van der Waals surface area contributed by atoms with Crippen LogP contribution in [-0.2, 0) is 9.53 Å². The fourth-order valence-corrected chi connectivity index (χ4v) is 1.19. The van der Waals surface area contributed by atoms with Crippen LogP contribution in [-0.4, -0.2) is 51.2 Å². The van der Waals surface area contributed by atoms with Gasteiger partial charge in [-0.25, -0.2) is 0 Å². The zero-order valence-corrected chi connectivity index (χ0v) is 9.79. The van der Waals surface area contributed by atoms with E-state index in [1.54, 1.807) is 19.0 Å². The zero-order chi connectivity index (χ0) is 11.1. The molecule has 0 aromatic heterocycles. The molecule has 0 bridgehead atoms. The van der Waals surface area contributed by atoms with Gasteiger partial charge >= 0.3 is 0 Å². The summed E-state index contributed by atoms with van der Waals surface area (Å²) in [5.41, 5.74) is 0. The van der Waals surface area contributed by atoms with Gasteiger partial charge in [-0.2, -0.15) is 0 Å². The molecule has 0 saturated heterocycles. The fraction of sp³-hybridized carbons (Fsp3) is 0.909. The maximum atomic E-state index is 11.2. The fourth-order valence-electron chi connectivity index (χ4n) is 1.19. The lowest BCUT2D eigenvalue weighted by atomic mass is 10.4. The Morgan fingerprint density at radius 3 is 2.80 bits per heavy atom. The minimum absolute atomic E-state index is 0.119. The van der Waals surface area contributed by atoms with Gasteiger partial charge in [0, 0.05) is 27.3 Å². The molecule has 1 fully saturated rings. The van der Waals surface area contributed by atoms with Crippen molar-refractivity contribution in [1.29, 1.82) is 0 Å². The molecule has 1 aliphatic carbocycles. The van der Waals surface area contributed by atoms with E-state index in [2.05, 4.69) is 5.32 Å². The Hall–Kier alpha value is -0.610. The average Bonchev–Trinajstić information content (AvgIpc) is 2.99. The summed E-state index contributed by atoms with van der Waals surface area (Å²) in [5.74, 6) is 0.960. The third-order valence-electron chi connectivity index (χ3n) is 2.47. The van der Waals surface area contributed by atoms with Crippen molar-refractivity contribution < 1.29 is 9.53 Å². The van der Waals surface area contributed by atoms with Crippen LogP contribution in [0.2, 0.25) is 0 Å². The molecule has 0 aliphatic heterocycles. The van der Waals surface area contributed by atoms with Gasteiger partial charge in [0.1, 0.15) is 0 Å². The SMILES string of the molecule is CN(C)C(=O)CNCCCOCC1CC1. The van der Waals surface area contributed by atoms with Gasteiger partial charge in [0.25, 0.3) is 0 Å². The van der Waals surface area contributed by atoms with Gasteiger partial charge in [-0.15, -0.1) is 0 Å². The Labute approximate surface area is 92.0 Å². The highest BCUT2D eigenvalue weighted by molar-refractivity contribution is 5.77. The smallest absolute Gasteiger partial charge is 0.236 e. The summed E-state index contributed by atoms with van der Waals surface area (Å²) < 4.78 is 5.48. The van der Waals surface area contributed by atoms with E-state index in [-0.39, 0.29) is 5.91 Å². The molecule has 0 unspecified atom stereocenters. The first-order valence-electron chi connectivity index (χ1n) is 5.68. The van der Waals surface area contributed by atoms with Crippen LogP contribution in [0.25, 0.3) is 0 Å². The maximum absolute atomic E-state index is 11.2. The van der Waals surface area contributed by atoms with Gasteiger partial charge in [-0.1, -0.05) is 0 Å². The second-order valence-electron chi connectivity index (χ2n) is 4.34. The Balaban J connectivity index is 1.77. The first-order valence-corrected chi connectivity index (χ1v) is 5.68. The third kappa shape index (κ3) is 6.47. The van der Waals surface area contributed by atoms with Crippen molar-refractivity contribution in [3.8, 4) is 0 Å². The van der Waals surface area contributed by atoms with Crippen LogP contribution >= 0.6 is 0 Å². The summed E-state index contributed by atoms with van der Waals surface area (Å²) in [6.45, 7) is 3.01. The number of hydrogen-bond donors (Lipinski definition) is 1. The number of hydrogen-bond acceptors (Lipinski definition) is 3. The second-order valence-corrected chi connectivity index (χ2v) is 4.34. The maximum Gasteiger partial charge on any atom is 0.236 e. The molecule has 1 aliphatic rings. The lowest BCUT2D eigenvalue weighted by Crippen LogP contribution is -2.33. The molecule has 1 saturated carbocycles. The number of rotatable bonds is 8. The van der Waals surface area contributed by atoms with Crippen LogP contribution in [0.1, 0.15) is 19.3 Å². The van der Waals surface area contributed by atoms with Crippen LogP contribution in [0.4, 0.5) is 0 Å². The second kappa shape index (κ2) is 6.80. The predicted octanol–water partition coefficient (Wildman–Crippen LogP) is 0.481. The molecule has 4 nitrogen and oxygen atoms in total. The van der Waals surface area contributed by atoms with Crippen LogP contribution in [0.3, 0.4) is 0 Å². The van der Waals surface area contributed by atoms with Crippen LogP contribution in [0.15, 0.2) is 0 Å². The Kier molecular flexibility index (Phi) is 5.65. The minimum Gasteiger partial charge on any atom is -0.381 e. The highest BCUT2D eigenvalue weighted by Gasteiger charge is 2.20. The molecular formula is C11H22N2O2. The first-order chi connectivity index (χ1) is 7.20. The summed E-state index contributed by atoms with van der Waals surface area (Å²) in [7, 11) is 3.53. The molecule has 88 valence electrons. The van der Waals surface area contributed by atoms with Crippen molar-refractivity contribution in [2.24, 2.45) is 5.92 Å². The highest BCUT2D eigenvalue weighted by Crippen LogP contribution is 2.28. The van der Waals surface area contributed by atoms with Gasteiger partial charge < -0.3 is 15.0 Å². The molecule has 1 rings (SSSR count). The van der Waals surface area contributed by atoms with E-state index in [9.17, 15) is 4.79 Å². The Bertz CT molecular complexity index is 191. The number of carbonyl (C=O) groups is 1. The molecule has 0 heterocycles. The first kappa shape index (κ1) is 12.5. The van der Waals surface area contributed by atoms with E-state index in [0.717, 1.165) is 32.1 Å². The molecule has 0 spiro atoms. The summed E-state index contributed by atoms with van der Waals surface area (Å²) in [5, 5.41) is 3.10. The molecule has 4 heteroatoms. The molecule has 0 aromatic rings. The number of likely N-dealkylation sites (N-methyl/N-ethyl adjacent to an activating group) is 1. The van der Waals surface area contributed by atoms with Crippen LogP contribution < -0.4 is 5.32 Å². The molecular weight excluding hydrogens is 192 g/mol. The molecule has 1 N–H and O–H groups in total. The summed E-state index contributed by atoms with van der Waals surface area (Å²) in [4.78, 5) is 12.8. The summed E-state index contributed by atoms with van der Waals surface area (Å²) in [6, 6.07) is 0. The Morgan fingerprint density at radius 2 is 2.20 bits per heavy atom. The van der Waals surface area contributed by atoms with Crippen molar-refractivity contribution in [3.05, 3.63) is 0 Å². The van der Waals surface area contributed by atoms with E-state index >= 15 is 0 Å². The predicted molar refractivity (Wildman–Crippen MR) is 59.7 cm³/mol. The van der Waals surface area contributed by atoms with Gasteiger partial charge in [0.15, 0.2) is 0 Å². The third-order valence-corrected chi connectivity index (χ3v) is 2.47. The van der Waals surface area contributed by atoms with Gasteiger partial charge in [-0.05, 0) is 31.7 Å². The quantitative estimate of drug-likeness (QED) is 0.598. The van der Waals surface area contributed by atoms with E-state index < -0.39 is 0 Å². The molecule has 1 amide bonds. The van der Waals surface area contributed by atoms with Crippen molar-refractivity contribution >= 4 is 5.91 Å². The van der Waals surface area contributed by atoms with Crippen molar-refractivity contribution in [3.63, 3.8) is 0 Å². The topological polar surface area (TPSA) is 41.6 Å².